The summed E-state index contributed by atoms with van der Waals surface area (Å²) >= 11 is 3.17. The molecule has 1 saturated heterocycles. The average molecular weight is 609 g/mol. The van der Waals surface area contributed by atoms with E-state index in [0.717, 1.165) is 27.7 Å². The van der Waals surface area contributed by atoms with Crippen molar-refractivity contribution in [2.75, 3.05) is 6.61 Å². The third-order valence-corrected chi connectivity index (χ3v) is 6.51. The molecule has 0 radical (unpaired) electrons. The maximum absolute atomic E-state index is 12.7. The van der Waals surface area contributed by atoms with Crippen molar-refractivity contribution in [3.63, 3.8) is 0 Å². The van der Waals surface area contributed by atoms with Gasteiger partial charge in [-0.1, -0.05) is 15.9 Å². The van der Waals surface area contributed by atoms with Gasteiger partial charge in [-0.25, -0.2) is 17.9 Å². The van der Waals surface area contributed by atoms with Crippen LogP contribution >= 0.6 is 15.9 Å². The van der Waals surface area contributed by atoms with Crippen molar-refractivity contribution in [2.24, 2.45) is 0 Å². The smallest absolute Gasteiger partial charge is 0.329 e. The molecule has 1 aromatic rings. The van der Waals surface area contributed by atoms with Crippen LogP contribution in [0.3, 0.4) is 0 Å². The van der Waals surface area contributed by atoms with E-state index >= 15 is 0 Å². The van der Waals surface area contributed by atoms with E-state index in [1.54, 1.807) is 4.72 Å². The van der Waals surface area contributed by atoms with Crippen LogP contribution in [0.4, 0.5) is 4.79 Å². The number of benzene rings is 1. The largest absolute Gasteiger partial charge is 0.463 e. The highest BCUT2D eigenvalue weighted by atomic mass is 79.9. The Morgan fingerprint density at radius 3 is 1.92 bits per heavy atom. The van der Waals surface area contributed by atoms with Crippen LogP contribution in [0.1, 0.15) is 27.7 Å². The summed E-state index contributed by atoms with van der Waals surface area (Å²) in [6.07, 6.45) is -5.98. The molecule has 2 amide bonds. The summed E-state index contributed by atoms with van der Waals surface area (Å²) in [5.74, 6) is -3.31. The Kier molecular flexibility index (Phi) is 10.4. The molecule has 2 N–H and O–H groups in total. The van der Waals surface area contributed by atoms with Crippen LogP contribution in [0.2, 0.25) is 0 Å². The predicted octanol–water partition coefficient (Wildman–Crippen LogP) is 0.520. The SMILES string of the molecule is CC(=O)OC[C@H]1O[C@@H](OC(C)=O)[C@H](NC(=O)NS(=O)(=O)c2ccc(Br)cc2)[C@@H](OC(C)=O)[C@@H]1OC(C)=O. The van der Waals surface area contributed by atoms with E-state index in [1.165, 1.54) is 24.3 Å². The Labute approximate surface area is 220 Å². The molecule has 1 heterocycles. The minimum Gasteiger partial charge on any atom is -0.463 e. The molecule has 0 unspecified atom stereocenters. The molecule has 204 valence electrons. The third kappa shape index (κ3) is 8.98. The second-order valence-corrected chi connectivity index (χ2v) is 10.3. The van der Waals surface area contributed by atoms with E-state index in [1.807, 2.05) is 0 Å². The highest BCUT2D eigenvalue weighted by Gasteiger charge is 2.52. The minimum absolute atomic E-state index is 0.238. The van der Waals surface area contributed by atoms with Gasteiger partial charge in [0.1, 0.15) is 18.8 Å². The van der Waals surface area contributed by atoms with Crippen molar-refractivity contribution in [3.05, 3.63) is 28.7 Å². The minimum atomic E-state index is -4.35. The van der Waals surface area contributed by atoms with Gasteiger partial charge in [0.05, 0.1) is 4.90 Å². The van der Waals surface area contributed by atoms with Crippen LogP contribution < -0.4 is 10.0 Å². The summed E-state index contributed by atoms with van der Waals surface area (Å²) in [7, 11) is -4.35. The molecule has 1 fully saturated rings. The maximum Gasteiger partial charge on any atom is 0.329 e. The fourth-order valence-electron chi connectivity index (χ4n) is 3.30. The Hall–Kier alpha value is -3.24. The second kappa shape index (κ2) is 12.8. The summed E-state index contributed by atoms with van der Waals surface area (Å²) < 4.78 is 53.8. The van der Waals surface area contributed by atoms with Gasteiger partial charge in [-0.05, 0) is 24.3 Å². The molecular weight excluding hydrogens is 584 g/mol. The van der Waals surface area contributed by atoms with Gasteiger partial charge in [0.2, 0.25) is 6.29 Å². The van der Waals surface area contributed by atoms with Crippen molar-refractivity contribution in [1.82, 2.24) is 10.0 Å². The lowest BCUT2D eigenvalue weighted by atomic mass is 9.96. The summed E-state index contributed by atoms with van der Waals surface area (Å²) in [6.45, 7) is 3.71. The molecule has 14 nitrogen and oxygen atoms in total. The zero-order valence-electron chi connectivity index (χ0n) is 20.1. The van der Waals surface area contributed by atoms with Gasteiger partial charge in [0.25, 0.3) is 10.0 Å². The number of carbonyl (C=O) groups is 5. The van der Waals surface area contributed by atoms with Crippen LogP contribution in [0.15, 0.2) is 33.6 Å². The first-order chi connectivity index (χ1) is 17.2. The first-order valence-electron chi connectivity index (χ1n) is 10.6. The van der Waals surface area contributed by atoms with Crippen molar-refractivity contribution in [3.8, 4) is 0 Å². The molecule has 0 aliphatic carbocycles. The zero-order valence-corrected chi connectivity index (χ0v) is 22.5. The summed E-state index contributed by atoms with van der Waals surface area (Å²) in [5, 5.41) is 2.24. The standard InChI is InChI=1S/C21H25BrN2O12S/c1-10(25)32-9-16-18(33-11(2)26)19(34-12(3)27)17(20(36-16)35-13(4)28)23-21(29)24-37(30,31)15-7-5-14(22)6-8-15/h5-8,16-20H,9H2,1-4H3,(H2,23,24,29)/t16-,17-,18-,19-,20-/m1/s1. The number of urea groups is 1. The van der Waals surface area contributed by atoms with Crippen LogP contribution in [0.25, 0.3) is 0 Å². The lowest BCUT2D eigenvalue weighted by Gasteiger charge is -2.44. The quantitative estimate of drug-likeness (QED) is 0.308. The number of carbonyl (C=O) groups excluding carboxylic acids is 5. The average Bonchev–Trinajstić information content (AvgIpc) is 2.75. The van der Waals surface area contributed by atoms with E-state index in [0.29, 0.717) is 4.47 Å². The van der Waals surface area contributed by atoms with Crippen LogP contribution in [-0.2, 0) is 52.9 Å². The van der Waals surface area contributed by atoms with Gasteiger partial charge in [-0.3, -0.25) is 19.2 Å². The normalized spacial score (nSPS) is 23.2. The number of hydrogen-bond donors (Lipinski definition) is 2. The second-order valence-electron chi connectivity index (χ2n) is 7.66. The summed E-state index contributed by atoms with van der Waals surface area (Å²) in [6, 6.07) is 2.51. The van der Waals surface area contributed by atoms with Crippen LogP contribution in [0.5, 0.6) is 0 Å². The highest BCUT2D eigenvalue weighted by molar-refractivity contribution is 9.10. The molecule has 16 heteroatoms. The number of amides is 2. The van der Waals surface area contributed by atoms with Crippen molar-refractivity contribution >= 4 is 55.9 Å². The molecule has 1 aromatic carbocycles. The first kappa shape index (κ1) is 30.0. The fourth-order valence-corrected chi connectivity index (χ4v) is 4.48. The Morgan fingerprint density at radius 1 is 0.865 bits per heavy atom. The van der Waals surface area contributed by atoms with Crippen molar-refractivity contribution in [1.29, 1.82) is 0 Å². The van der Waals surface area contributed by atoms with E-state index in [9.17, 15) is 32.4 Å². The number of rotatable bonds is 8. The monoisotopic (exact) mass is 608 g/mol. The molecule has 1 aliphatic rings. The van der Waals surface area contributed by atoms with Gasteiger partial charge in [-0.2, -0.15) is 0 Å². The van der Waals surface area contributed by atoms with Crippen LogP contribution in [-0.4, -0.2) is 75.6 Å². The summed E-state index contributed by atoms with van der Waals surface area (Å²) in [4.78, 5) is 59.2. The molecule has 0 aromatic heterocycles. The topological polar surface area (TPSA) is 190 Å². The van der Waals surface area contributed by atoms with Gasteiger partial charge < -0.3 is 29.0 Å². The maximum atomic E-state index is 12.7. The molecular formula is C21H25BrN2O12S. The molecule has 37 heavy (non-hydrogen) atoms. The fraction of sp³-hybridized carbons (Fsp3) is 0.476. The zero-order chi connectivity index (χ0) is 27.9. The molecule has 0 saturated carbocycles. The van der Waals surface area contributed by atoms with E-state index in [2.05, 4.69) is 21.2 Å². The number of halogens is 1. The van der Waals surface area contributed by atoms with E-state index < -0.39 is 77.2 Å². The van der Waals surface area contributed by atoms with E-state index in [4.69, 9.17) is 23.7 Å². The van der Waals surface area contributed by atoms with Gasteiger partial charge in [-0.15, -0.1) is 0 Å². The number of hydrogen-bond acceptors (Lipinski definition) is 12. The number of esters is 4. The van der Waals surface area contributed by atoms with Crippen LogP contribution in [0, 0.1) is 0 Å². The first-order valence-corrected chi connectivity index (χ1v) is 12.9. The van der Waals surface area contributed by atoms with Gasteiger partial charge >= 0.3 is 29.9 Å². The highest BCUT2D eigenvalue weighted by Crippen LogP contribution is 2.28. The Bertz CT molecular complexity index is 1140. The number of nitrogens with one attached hydrogen (secondary N) is 2. The molecule has 0 bridgehead atoms. The molecule has 5 atom stereocenters. The lowest BCUT2D eigenvalue weighted by Crippen LogP contribution is -2.67. The van der Waals surface area contributed by atoms with Crippen molar-refractivity contribution < 1.29 is 56.1 Å². The Morgan fingerprint density at radius 2 is 1.41 bits per heavy atom. The number of ether oxygens (including phenoxy) is 5. The Balaban J connectivity index is 2.40. The molecule has 0 spiro atoms. The molecule has 1 aliphatic heterocycles. The number of sulfonamides is 1. The van der Waals surface area contributed by atoms with Gasteiger partial charge in [0, 0.05) is 32.2 Å². The molecule has 2 rings (SSSR count). The lowest BCUT2D eigenvalue weighted by molar-refractivity contribution is -0.270. The third-order valence-electron chi connectivity index (χ3n) is 4.63. The van der Waals surface area contributed by atoms with E-state index in [-0.39, 0.29) is 4.90 Å². The summed E-state index contributed by atoms with van der Waals surface area (Å²) in [5.41, 5.74) is 0. The predicted molar refractivity (Wildman–Crippen MR) is 125 cm³/mol. The van der Waals surface area contributed by atoms with Gasteiger partial charge in [0.15, 0.2) is 12.2 Å². The van der Waals surface area contributed by atoms with Crippen molar-refractivity contribution in [2.45, 2.75) is 63.2 Å².